The number of carbonyl (C=O) groups excluding carboxylic acids is 2. The van der Waals surface area contributed by atoms with Crippen LogP contribution in [-0.2, 0) is 20.9 Å². The maximum Gasteiger partial charge on any atom is 0.312 e. The highest BCUT2D eigenvalue weighted by atomic mass is 16.5. The second-order valence-corrected chi connectivity index (χ2v) is 6.60. The van der Waals surface area contributed by atoms with Gasteiger partial charge < -0.3 is 14.7 Å². The Morgan fingerprint density at radius 1 is 1.11 bits per heavy atom. The lowest BCUT2D eigenvalue weighted by molar-refractivity contribution is -0.141. The molecule has 138 valence electrons. The first-order valence-electron chi connectivity index (χ1n) is 8.65. The molecular formula is C20H18N2O5. The molecule has 2 aliphatic rings. The second kappa shape index (κ2) is 6.75. The summed E-state index contributed by atoms with van der Waals surface area (Å²) in [7, 11) is 0. The van der Waals surface area contributed by atoms with Crippen LogP contribution in [0.4, 0.5) is 5.69 Å². The van der Waals surface area contributed by atoms with E-state index in [4.69, 9.17) is 4.74 Å². The van der Waals surface area contributed by atoms with Crippen molar-refractivity contribution in [3.8, 4) is 5.75 Å². The van der Waals surface area contributed by atoms with Crippen molar-refractivity contribution in [1.29, 1.82) is 0 Å². The minimum atomic E-state index is -0.965. The van der Waals surface area contributed by atoms with E-state index in [2.05, 4.69) is 0 Å². The van der Waals surface area contributed by atoms with Gasteiger partial charge in [0.25, 0.3) is 5.91 Å². The number of fused-ring (bicyclic) bond motifs is 2. The van der Waals surface area contributed by atoms with E-state index < -0.39 is 11.9 Å². The molecule has 7 nitrogen and oxygen atoms in total. The summed E-state index contributed by atoms with van der Waals surface area (Å²) < 4.78 is 5.39. The third-order valence-electron chi connectivity index (χ3n) is 4.95. The minimum Gasteiger partial charge on any atom is -0.482 e. The van der Waals surface area contributed by atoms with Gasteiger partial charge in [-0.1, -0.05) is 36.4 Å². The summed E-state index contributed by atoms with van der Waals surface area (Å²) in [6, 6.07) is 14.3. The summed E-state index contributed by atoms with van der Waals surface area (Å²) in [4.78, 5) is 39.8. The number of carboxylic acids is 1. The monoisotopic (exact) mass is 366 g/mol. The zero-order valence-electron chi connectivity index (χ0n) is 14.5. The van der Waals surface area contributed by atoms with Crippen LogP contribution >= 0.6 is 0 Å². The number of benzene rings is 2. The number of hydrogen-bond acceptors (Lipinski definition) is 4. The lowest BCUT2D eigenvalue weighted by Gasteiger charge is -2.35. The topological polar surface area (TPSA) is 87.2 Å². The van der Waals surface area contributed by atoms with Gasteiger partial charge in [0, 0.05) is 13.1 Å². The van der Waals surface area contributed by atoms with E-state index in [1.54, 1.807) is 36.4 Å². The Labute approximate surface area is 155 Å². The Morgan fingerprint density at radius 2 is 1.85 bits per heavy atom. The molecule has 1 unspecified atom stereocenters. The molecule has 0 saturated carbocycles. The van der Waals surface area contributed by atoms with E-state index in [0.29, 0.717) is 18.0 Å². The molecule has 1 atom stereocenters. The first-order valence-corrected chi connectivity index (χ1v) is 8.65. The van der Waals surface area contributed by atoms with Crippen molar-refractivity contribution in [3.05, 3.63) is 59.7 Å². The van der Waals surface area contributed by atoms with Crippen molar-refractivity contribution in [2.45, 2.75) is 12.5 Å². The number of amides is 2. The van der Waals surface area contributed by atoms with Crippen molar-refractivity contribution < 1.29 is 24.2 Å². The Bertz CT molecular complexity index is 926. The van der Waals surface area contributed by atoms with Crippen LogP contribution < -0.4 is 9.64 Å². The molecule has 4 rings (SSSR count). The summed E-state index contributed by atoms with van der Waals surface area (Å²) in [5.41, 5.74) is 2.11. The molecule has 2 heterocycles. The van der Waals surface area contributed by atoms with Gasteiger partial charge in [-0.2, -0.15) is 0 Å². The van der Waals surface area contributed by atoms with Crippen LogP contribution in [0.1, 0.15) is 17.0 Å². The molecule has 0 fully saturated rings. The highest BCUT2D eigenvalue weighted by Crippen LogP contribution is 2.32. The maximum atomic E-state index is 12.9. The number of aliphatic carboxylic acids is 1. The van der Waals surface area contributed by atoms with E-state index in [0.717, 1.165) is 11.1 Å². The van der Waals surface area contributed by atoms with Crippen molar-refractivity contribution >= 4 is 23.5 Å². The number of nitrogens with zero attached hydrogens (tertiary/aromatic N) is 2. The smallest absolute Gasteiger partial charge is 0.312 e. The lowest BCUT2D eigenvalue weighted by Crippen LogP contribution is -2.48. The Kier molecular flexibility index (Phi) is 4.27. The largest absolute Gasteiger partial charge is 0.482 e. The summed E-state index contributed by atoms with van der Waals surface area (Å²) in [5, 5.41) is 9.56. The maximum absolute atomic E-state index is 12.9. The van der Waals surface area contributed by atoms with Gasteiger partial charge in [0.05, 0.1) is 11.6 Å². The van der Waals surface area contributed by atoms with Crippen molar-refractivity contribution in [3.63, 3.8) is 0 Å². The number of carboxylic acid groups (broad SMARTS) is 1. The molecule has 0 aliphatic carbocycles. The fourth-order valence-corrected chi connectivity index (χ4v) is 3.57. The van der Waals surface area contributed by atoms with Crippen LogP contribution in [0.15, 0.2) is 48.5 Å². The Morgan fingerprint density at radius 3 is 2.67 bits per heavy atom. The molecule has 0 bridgehead atoms. The molecule has 0 aromatic heterocycles. The van der Waals surface area contributed by atoms with Gasteiger partial charge in [0.15, 0.2) is 6.61 Å². The molecular weight excluding hydrogens is 348 g/mol. The third-order valence-corrected chi connectivity index (χ3v) is 4.95. The number of rotatable bonds is 3. The molecule has 0 radical (unpaired) electrons. The van der Waals surface area contributed by atoms with Crippen LogP contribution in [0.25, 0.3) is 0 Å². The average Bonchev–Trinajstić information content (AvgIpc) is 2.69. The predicted octanol–water partition coefficient (Wildman–Crippen LogP) is 1.62. The highest BCUT2D eigenvalue weighted by Gasteiger charge is 2.34. The highest BCUT2D eigenvalue weighted by molar-refractivity contribution is 6.02. The zero-order chi connectivity index (χ0) is 19.0. The van der Waals surface area contributed by atoms with Crippen LogP contribution in [0.5, 0.6) is 5.75 Å². The SMILES string of the molecule is O=C(O)C1CN(C(=O)CN2C(=O)COc3ccccc32)Cc2ccccc21. The summed E-state index contributed by atoms with van der Waals surface area (Å²) in [6.07, 6.45) is 0. The quantitative estimate of drug-likeness (QED) is 0.892. The van der Waals surface area contributed by atoms with Crippen molar-refractivity contribution in [2.24, 2.45) is 0 Å². The van der Waals surface area contributed by atoms with Crippen LogP contribution in [-0.4, -0.2) is 47.5 Å². The van der Waals surface area contributed by atoms with E-state index >= 15 is 0 Å². The van der Waals surface area contributed by atoms with Crippen LogP contribution in [0.3, 0.4) is 0 Å². The fraction of sp³-hybridized carbons (Fsp3) is 0.250. The van der Waals surface area contributed by atoms with Crippen molar-refractivity contribution in [1.82, 2.24) is 4.90 Å². The van der Waals surface area contributed by atoms with Gasteiger partial charge in [0.1, 0.15) is 12.3 Å². The first kappa shape index (κ1) is 17.1. The number of ether oxygens (including phenoxy) is 1. The van der Waals surface area contributed by atoms with E-state index in [1.165, 1.54) is 9.80 Å². The molecule has 7 heteroatoms. The van der Waals surface area contributed by atoms with Crippen LogP contribution in [0.2, 0.25) is 0 Å². The van der Waals surface area contributed by atoms with Gasteiger partial charge >= 0.3 is 5.97 Å². The molecule has 2 aromatic rings. The Hall–Kier alpha value is -3.35. The molecule has 0 saturated heterocycles. The Balaban J connectivity index is 1.57. The molecule has 0 spiro atoms. The number of anilines is 1. The van der Waals surface area contributed by atoms with E-state index in [-0.39, 0.29) is 31.5 Å². The third kappa shape index (κ3) is 3.12. The average molecular weight is 366 g/mol. The van der Waals surface area contributed by atoms with E-state index in [9.17, 15) is 19.5 Å². The predicted molar refractivity (Wildman–Crippen MR) is 96.5 cm³/mol. The van der Waals surface area contributed by atoms with E-state index in [1.807, 2.05) is 12.1 Å². The van der Waals surface area contributed by atoms with Gasteiger partial charge in [-0.15, -0.1) is 0 Å². The lowest BCUT2D eigenvalue weighted by atomic mass is 9.90. The molecule has 1 N–H and O–H groups in total. The normalized spacial score (nSPS) is 18.4. The zero-order valence-corrected chi connectivity index (χ0v) is 14.5. The van der Waals surface area contributed by atoms with Gasteiger partial charge in [-0.05, 0) is 23.3 Å². The molecule has 27 heavy (non-hydrogen) atoms. The van der Waals surface area contributed by atoms with Gasteiger partial charge in [-0.3, -0.25) is 19.3 Å². The molecule has 2 aliphatic heterocycles. The minimum absolute atomic E-state index is 0.0886. The first-order chi connectivity index (χ1) is 13.0. The fourth-order valence-electron chi connectivity index (χ4n) is 3.57. The number of hydrogen-bond donors (Lipinski definition) is 1. The van der Waals surface area contributed by atoms with Gasteiger partial charge in [-0.25, -0.2) is 0 Å². The molecule has 2 aromatic carbocycles. The number of carbonyl (C=O) groups is 3. The second-order valence-electron chi connectivity index (χ2n) is 6.60. The molecule has 2 amide bonds. The van der Waals surface area contributed by atoms with Crippen LogP contribution in [0, 0.1) is 0 Å². The number of para-hydroxylation sites is 2. The van der Waals surface area contributed by atoms with Gasteiger partial charge in [0.2, 0.25) is 5.91 Å². The summed E-state index contributed by atoms with van der Waals surface area (Å²) in [5.74, 6) is -1.77. The van der Waals surface area contributed by atoms with Crippen molar-refractivity contribution in [2.75, 3.05) is 24.6 Å². The standard InChI is InChI=1S/C20H18N2O5/c23-18(11-22-16-7-3-4-8-17(16)27-12-19(22)24)21-9-13-5-1-2-6-14(13)15(10-21)20(25)26/h1-8,15H,9-12H2,(H,25,26). The summed E-state index contributed by atoms with van der Waals surface area (Å²) >= 11 is 0. The summed E-state index contributed by atoms with van der Waals surface area (Å²) in [6.45, 7) is 0.156.